The molecule has 1 saturated carbocycles. The van der Waals surface area contributed by atoms with E-state index in [0.717, 1.165) is 17.8 Å². The molecule has 88 valence electrons. The summed E-state index contributed by atoms with van der Waals surface area (Å²) >= 11 is 1.46. The minimum Gasteiger partial charge on any atom is -0.481 e. The Morgan fingerprint density at radius 1 is 1.38 bits per heavy atom. The molecule has 0 aliphatic heterocycles. The summed E-state index contributed by atoms with van der Waals surface area (Å²) in [5, 5.41) is 18.5. The highest BCUT2D eigenvalue weighted by molar-refractivity contribution is 7.11. The van der Waals surface area contributed by atoms with Crippen LogP contribution < -0.4 is 0 Å². The van der Waals surface area contributed by atoms with E-state index >= 15 is 0 Å². The second-order valence-corrected chi connectivity index (χ2v) is 5.75. The largest absolute Gasteiger partial charge is 0.481 e. The Balaban J connectivity index is 2.13. The molecule has 1 fully saturated rings. The van der Waals surface area contributed by atoms with Crippen LogP contribution in [0.25, 0.3) is 0 Å². The lowest BCUT2D eigenvalue weighted by Gasteiger charge is -2.30. The van der Waals surface area contributed by atoms with Crippen molar-refractivity contribution in [2.24, 2.45) is 0 Å². The van der Waals surface area contributed by atoms with Gasteiger partial charge in [0.1, 0.15) is 10.0 Å². The summed E-state index contributed by atoms with van der Waals surface area (Å²) in [6, 6.07) is 0. The normalized spacial score (nSPS) is 19.6. The maximum Gasteiger partial charge on any atom is 0.310 e. The van der Waals surface area contributed by atoms with Gasteiger partial charge in [-0.05, 0) is 12.8 Å². The molecule has 2 rings (SSSR count). The third-order valence-electron chi connectivity index (χ3n) is 3.24. The van der Waals surface area contributed by atoms with Crippen LogP contribution in [0, 0.1) is 0 Å². The van der Waals surface area contributed by atoms with Crippen molar-refractivity contribution < 1.29 is 9.90 Å². The Morgan fingerprint density at radius 2 is 2.06 bits per heavy atom. The number of nitrogens with zero attached hydrogens (tertiary/aromatic N) is 2. The van der Waals surface area contributed by atoms with Crippen LogP contribution in [0.5, 0.6) is 0 Å². The van der Waals surface area contributed by atoms with Gasteiger partial charge in [0.25, 0.3) is 0 Å². The summed E-state index contributed by atoms with van der Waals surface area (Å²) in [4.78, 5) is 10.6. The summed E-state index contributed by atoms with van der Waals surface area (Å²) in [7, 11) is 0. The fourth-order valence-corrected chi connectivity index (χ4v) is 3.28. The Labute approximate surface area is 98.7 Å². The standard InChI is InChI=1S/C11H16N2O2S/c1-11(5-3-2-4-6-11)10-13-12-8(16-10)7-9(14)15/h2-7H2,1H3,(H,14,15). The first-order valence-electron chi connectivity index (χ1n) is 5.65. The summed E-state index contributed by atoms with van der Waals surface area (Å²) in [6.45, 7) is 2.22. The molecule has 1 aromatic rings. The van der Waals surface area contributed by atoms with Gasteiger partial charge >= 0.3 is 5.97 Å². The highest BCUT2D eigenvalue weighted by Gasteiger charge is 2.32. The monoisotopic (exact) mass is 240 g/mol. The first-order chi connectivity index (χ1) is 7.60. The number of aliphatic carboxylic acids is 1. The van der Waals surface area contributed by atoms with Crippen LogP contribution >= 0.6 is 11.3 Å². The zero-order chi connectivity index (χ0) is 11.6. The first kappa shape index (κ1) is 11.5. The van der Waals surface area contributed by atoms with E-state index in [-0.39, 0.29) is 11.8 Å². The van der Waals surface area contributed by atoms with E-state index in [1.54, 1.807) is 0 Å². The molecular formula is C11H16N2O2S. The minimum atomic E-state index is -0.837. The second kappa shape index (κ2) is 4.49. The maximum atomic E-state index is 10.6. The van der Waals surface area contributed by atoms with Crippen molar-refractivity contribution in [3.05, 3.63) is 10.0 Å². The van der Waals surface area contributed by atoms with Crippen molar-refractivity contribution in [2.45, 2.75) is 50.9 Å². The van der Waals surface area contributed by atoms with Crippen LogP contribution in [-0.2, 0) is 16.6 Å². The molecule has 4 nitrogen and oxygen atoms in total. The molecule has 0 amide bonds. The zero-order valence-electron chi connectivity index (χ0n) is 9.40. The van der Waals surface area contributed by atoms with E-state index in [4.69, 9.17) is 5.11 Å². The third-order valence-corrected chi connectivity index (χ3v) is 4.47. The quantitative estimate of drug-likeness (QED) is 0.881. The summed E-state index contributed by atoms with van der Waals surface area (Å²) in [5.41, 5.74) is 0.132. The van der Waals surface area contributed by atoms with Crippen molar-refractivity contribution >= 4 is 17.3 Å². The van der Waals surface area contributed by atoms with Gasteiger partial charge in [-0.1, -0.05) is 26.2 Å². The molecule has 0 atom stereocenters. The smallest absolute Gasteiger partial charge is 0.310 e. The van der Waals surface area contributed by atoms with E-state index in [0.29, 0.717) is 5.01 Å². The van der Waals surface area contributed by atoms with Gasteiger partial charge in [0.05, 0.1) is 6.42 Å². The molecule has 16 heavy (non-hydrogen) atoms. The van der Waals surface area contributed by atoms with Crippen LogP contribution in [-0.4, -0.2) is 21.3 Å². The Morgan fingerprint density at radius 3 is 2.69 bits per heavy atom. The lowest BCUT2D eigenvalue weighted by atomic mass is 9.76. The van der Waals surface area contributed by atoms with Crippen LogP contribution in [0.4, 0.5) is 0 Å². The number of hydrogen-bond donors (Lipinski definition) is 1. The molecule has 5 heteroatoms. The molecule has 0 radical (unpaired) electrons. The minimum absolute atomic E-state index is 0.00620. The zero-order valence-corrected chi connectivity index (χ0v) is 10.2. The molecule has 1 heterocycles. The number of carbonyl (C=O) groups is 1. The van der Waals surface area contributed by atoms with Crippen molar-refractivity contribution in [1.82, 2.24) is 10.2 Å². The van der Waals surface area contributed by atoms with Gasteiger partial charge in [0.2, 0.25) is 0 Å². The fourth-order valence-electron chi connectivity index (χ4n) is 2.24. The number of aromatic nitrogens is 2. The van der Waals surface area contributed by atoms with Gasteiger partial charge < -0.3 is 5.11 Å². The van der Waals surface area contributed by atoms with Gasteiger partial charge in [-0.2, -0.15) is 0 Å². The Kier molecular flexibility index (Phi) is 3.23. The predicted molar refractivity (Wildman–Crippen MR) is 61.7 cm³/mol. The van der Waals surface area contributed by atoms with Gasteiger partial charge in [0.15, 0.2) is 0 Å². The molecule has 1 aliphatic carbocycles. The van der Waals surface area contributed by atoms with Crippen molar-refractivity contribution in [2.75, 3.05) is 0 Å². The Hall–Kier alpha value is -0.970. The Bertz CT molecular complexity index is 383. The van der Waals surface area contributed by atoms with Crippen LogP contribution in [0.2, 0.25) is 0 Å². The molecule has 0 unspecified atom stereocenters. The molecule has 0 bridgehead atoms. The van der Waals surface area contributed by atoms with E-state index in [1.807, 2.05) is 0 Å². The van der Waals surface area contributed by atoms with E-state index in [2.05, 4.69) is 17.1 Å². The van der Waals surface area contributed by atoms with Crippen LogP contribution in [0.15, 0.2) is 0 Å². The lowest BCUT2D eigenvalue weighted by Crippen LogP contribution is -2.24. The van der Waals surface area contributed by atoms with Crippen LogP contribution in [0.3, 0.4) is 0 Å². The van der Waals surface area contributed by atoms with Gasteiger partial charge in [0, 0.05) is 5.41 Å². The fraction of sp³-hybridized carbons (Fsp3) is 0.727. The molecule has 0 aromatic carbocycles. The highest BCUT2D eigenvalue weighted by atomic mass is 32.1. The number of hydrogen-bond acceptors (Lipinski definition) is 4. The number of rotatable bonds is 3. The van der Waals surface area contributed by atoms with Gasteiger partial charge in [-0.15, -0.1) is 21.5 Å². The molecule has 1 aromatic heterocycles. The van der Waals surface area contributed by atoms with E-state index in [9.17, 15) is 4.79 Å². The summed E-state index contributed by atoms with van der Waals surface area (Å²) < 4.78 is 0. The van der Waals surface area contributed by atoms with Gasteiger partial charge in [-0.3, -0.25) is 4.79 Å². The van der Waals surface area contributed by atoms with Gasteiger partial charge in [-0.25, -0.2) is 0 Å². The number of carboxylic acids is 1. The third kappa shape index (κ3) is 2.40. The second-order valence-electron chi connectivity index (χ2n) is 4.69. The molecule has 1 aliphatic rings. The SMILES string of the molecule is CC1(c2nnc(CC(=O)O)s2)CCCCC1. The van der Waals surface area contributed by atoms with Crippen molar-refractivity contribution in [1.29, 1.82) is 0 Å². The summed E-state index contributed by atoms with van der Waals surface area (Å²) in [5.74, 6) is -0.837. The van der Waals surface area contributed by atoms with Crippen LogP contribution in [0.1, 0.15) is 49.0 Å². The molecule has 0 saturated heterocycles. The lowest BCUT2D eigenvalue weighted by molar-refractivity contribution is -0.136. The van der Waals surface area contributed by atoms with E-state index in [1.165, 1.54) is 30.6 Å². The first-order valence-corrected chi connectivity index (χ1v) is 6.46. The average molecular weight is 240 g/mol. The topological polar surface area (TPSA) is 63.1 Å². The highest BCUT2D eigenvalue weighted by Crippen LogP contribution is 2.40. The van der Waals surface area contributed by atoms with Crippen molar-refractivity contribution in [3.63, 3.8) is 0 Å². The maximum absolute atomic E-state index is 10.6. The molecule has 0 spiro atoms. The van der Waals surface area contributed by atoms with E-state index < -0.39 is 5.97 Å². The average Bonchev–Trinajstić information content (AvgIpc) is 2.67. The molecular weight excluding hydrogens is 224 g/mol. The number of carboxylic acid groups (broad SMARTS) is 1. The molecule has 1 N–H and O–H groups in total. The predicted octanol–water partition coefficient (Wildman–Crippen LogP) is 2.39. The van der Waals surface area contributed by atoms with Crippen molar-refractivity contribution in [3.8, 4) is 0 Å². The summed E-state index contributed by atoms with van der Waals surface area (Å²) in [6.07, 6.45) is 6.07.